The molecule has 2 fully saturated rings. The van der Waals surface area contributed by atoms with Gasteiger partial charge >= 0.3 is 0 Å². The van der Waals surface area contributed by atoms with E-state index in [9.17, 15) is 4.79 Å². The molecule has 128 valence electrons. The number of likely N-dealkylation sites (tertiary alicyclic amines) is 1. The molecule has 0 aliphatic carbocycles. The molecule has 2 aliphatic heterocycles. The van der Waals surface area contributed by atoms with Gasteiger partial charge in [-0.25, -0.2) is 0 Å². The molecule has 24 heavy (non-hydrogen) atoms. The van der Waals surface area contributed by atoms with Gasteiger partial charge in [-0.2, -0.15) is 0 Å². The number of aromatic nitrogens is 2. The van der Waals surface area contributed by atoms with Gasteiger partial charge in [0.25, 0.3) is 5.91 Å². The summed E-state index contributed by atoms with van der Waals surface area (Å²) < 4.78 is 17.1. The molecular formula is C17H21N3O4. The Kier molecular flexibility index (Phi) is 3.49. The number of amides is 1. The third kappa shape index (κ3) is 2.18. The molecule has 2 aromatic rings. The Labute approximate surface area is 140 Å². The van der Waals surface area contributed by atoms with Crippen LogP contribution in [-0.2, 0) is 16.6 Å². The van der Waals surface area contributed by atoms with Crippen molar-refractivity contribution in [3.63, 3.8) is 0 Å². The van der Waals surface area contributed by atoms with Gasteiger partial charge in [0, 0.05) is 37.9 Å². The fraction of sp³-hybridized carbons (Fsp3) is 0.588. The van der Waals surface area contributed by atoms with Crippen LogP contribution in [-0.4, -0.2) is 47.3 Å². The van der Waals surface area contributed by atoms with Gasteiger partial charge in [-0.1, -0.05) is 6.92 Å². The van der Waals surface area contributed by atoms with Crippen LogP contribution in [0, 0.1) is 19.8 Å². The molecule has 2 aliphatic rings. The zero-order chi connectivity index (χ0) is 16.9. The maximum atomic E-state index is 12.9. The van der Waals surface area contributed by atoms with Crippen LogP contribution >= 0.6 is 0 Å². The van der Waals surface area contributed by atoms with Crippen molar-refractivity contribution in [2.75, 3.05) is 26.3 Å². The fourth-order valence-corrected chi connectivity index (χ4v) is 3.77. The first-order valence-corrected chi connectivity index (χ1v) is 8.30. The molecule has 2 saturated heterocycles. The first-order valence-electron chi connectivity index (χ1n) is 8.30. The second-order valence-corrected chi connectivity index (χ2v) is 6.76. The highest BCUT2D eigenvalue weighted by molar-refractivity contribution is 5.93. The summed E-state index contributed by atoms with van der Waals surface area (Å²) in [5.41, 5.74) is 0.484. The molecule has 0 radical (unpaired) electrons. The Bertz CT molecular complexity index is 781. The number of carbonyl (C=O) groups excluding carboxylic acids is 1. The number of furan rings is 1. The van der Waals surface area contributed by atoms with Crippen LogP contribution in [0.3, 0.4) is 0 Å². The smallest absolute Gasteiger partial charge is 0.289 e. The third-order valence-corrected chi connectivity index (χ3v) is 5.12. The van der Waals surface area contributed by atoms with Gasteiger partial charge in [-0.15, -0.1) is 10.2 Å². The summed E-state index contributed by atoms with van der Waals surface area (Å²) in [6, 6.07) is 1.93. The molecule has 7 heteroatoms. The lowest BCUT2D eigenvalue weighted by Gasteiger charge is -2.22. The summed E-state index contributed by atoms with van der Waals surface area (Å²) in [7, 11) is 0. The van der Waals surface area contributed by atoms with Crippen molar-refractivity contribution in [2.45, 2.75) is 32.6 Å². The molecule has 2 aromatic heterocycles. The second-order valence-electron chi connectivity index (χ2n) is 6.76. The summed E-state index contributed by atoms with van der Waals surface area (Å²) >= 11 is 0. The average molecular weight is 331 g/mol. The Morgan fingerprint density at radius 2 is 2.21 bits per heavy atom. The second kappa shape index (κ2) is 5.44. The molecule has 0 N–H and O–H groups in total. The molecule has 7 nitrogen and oxygen atoms in total. The highest BCUT2D eigenvalue weighted by atomic mass is 16.5. The van der Waals surface area contributed by atoms with Crippen LogP contribution in [0.4, 0.5) is 0 Å². The van der Waals surface area contributed by atoms with Crippen molar-refractivity contribution in [3.05, 3.63) is 34.9 Å². The zero-order valence-corrected chi connectivity index (χ0v) is 14.2. The van der Waals surface area contributed by atoms with Crippen molar-refractivity contribution < 1.29 is 18.4 Å². The third-order valence-electron chi connectivity index (χ3n) is 5.12. The minimum absolute atomic E-state index is 0.0720. The SMILES string of the molecule is CCc1cc(C)c(C(=O)N2C[C@H]3COC[C@@]3(c3nnc(C)o3)C2)o1. The molecule has 0 unspecified atom stereocenters. The van der Waals surface area contributed by atoms with Crippen molar-refractivity contribution in [3.8, 4) is 0 Å². The van der Waals surface area contributed by atoms with E-state index < -0.39 is 5.41 Å². The van der Waals surface area contributed by atoms with E-state index in [1.54, 1.807) is 6.92 Å². The van der Waals surface area contributed by atoms with Crippen molar-refractivity contribution in [2.24, 2.45) is 5.92 Å². The maximum Gasteiger partial charge on any atom is 0.289 e. The van der Waals surface area contributed by atoms with Crippen LogP contribution in [0.1, 0.15) is 40.6 Å². The van der Waals surface area contributed by atoms with E-state index in [2.05, 4.69) is 10.2 Å². The Morgan fingerprint density at radius 1 is 1.38 bits per heavy atom. The van der Waals surface area contributed by atoms with E-state index >= 15 is 0 Å². The number of hydrogen-bond donors (Lipinski definition) is 0. The topological polar surface area (TPSA) is 81.6 Å². The number of aryl methyl sites for hydroxylation is 3. The molecule has 2 atom stereocenters. The van der Waals surface area contributed by atoms with Gasteiger partial charge < -0.3 is 18.5 Å². The van der Waals surface area contributed by atoms with Gasteiger partial charge in [0.15, 0.2) is 5.76 Å². The van der Waals surface area contributed by atoms with Crippen molar-refractivity contribution >= 4 is 5.91 Å². The lowest BCUT2D eigenvalue weighted by Crippen LogP contribution is -2.37. The number of fused-ring (bicyclic) bond motifs is 1. The van der Waals surface area contributed by atoms with Gasteiger partial charge in [0.1, 0.15) is 5.76 Å². The van der Waals surface area contributed by atoms with Crippen molar-refractivity contribution in [1.82, 2.24) is 15.1 Å². The summed E-state index contributed by atoms with van der Waals surface area (Å²) in [6.07, 6.45) is 0.774. The van der Waals surface area contributed by atoms with Crippen LogP contribution in [0.25, 0.3) is 0 Å². The average Bonchev–Trinajstić information content (AvgIpc) is 3.28. The molecule has 1 amide bonds. The highest BCUT2D eigenvalue weighted by Gasteiger charge is 2.56. The minimum Gasteiger partial charge on any atom is -0.456 e. The predicted molar refractivity (Wildman–Crippen MR) is 83.7 cm³/mol. The van der Waals surface area contributed by atoms with Crippen LogP contribution in [0.15, 0.2) is 14.9 Å². The molecule has 4 heterocycles. The first kappa shape index (κ1) is 15.4. The van der Waals surface area contributed by atoms with E-state index in [4.69, 9.17) is 13.6 Å². The van der Waals surface area contributed by atoms with Gasteiger partial charge in [0.2, 0.25) is 11.8 Å². The molecule has 0 saturated carbocycles. The summed E-state index contributed by atoms with van der Waals surface area (Å²) in [5.74, 6) is 2.47. The highest BCUT2D eigenvalue weighted by Crippen LogP contribution is 2.43. The van der Waals surface area contributed by atoms with Crippen LogP contribution in [0.2, 0.25) is 0 Å². The van der Waals surface area contributed by atoms with Crippen LogP contribution in [0.5, 0.6) is 0 Å². The quantitative estimate of drug-likeness (QED) is 0.854. The monoisotopic (exact) mass is 331 g/mol. The normalized spacial score (nSPS) is 26.1. The standard InChI is InChI=1S/C17H21N3O4/c1-4-13-5-10(2)14(24-13)15(21)20-6-12-7-22-9-17(12,8-20)16-19-18-11(3)23-16/h5,12H,4,6-9H2,1-3H3/t12-,17-/m0/s1. The van der Waals surface area contributed by atoms with E-state index in [0.29, 0.717) is 43.8 Å². The lowest BCUT2D eigenvalue weighted by molar-refractivity contribution is 0.0705. The molecule has 4 rings (SSSR count). The molecule has 0 bridgehead atoms. The van der Waals surface area contributed by atoms with E-state index in [1.165, 1.54) is 0 Å². The summed E-state index contributed by atoms with van der Waals surface area (Å²) in [6.45, 7) is 7.92. The zero-order valence-electron chi connectivity index (χ0n) is 14.2. The molecule has 0 spiro atoms. The van der Waals surface area contributed by atoms with E-state index in [-0.39, 0.29) is 11.8 Å². The molecule has 0 aromatic carbocycles. The fourth-order valence-electron chi connectivity index (χ4n) is 3.77. The minimum atomic E-state index is -0.398. The Balaban J connectivity index is 1.63. The lowest BCUT2D eigenvalue weighted by atomic mass is 9.81. The van der Waals surface area contributed by atoms with Gasteiger partial charge in [0.05, 0.1) is 18.6 Å². The number of carbonyl (C=O) groups is 1. The molecular weight excluding hydrogens is 310 g/mol. The van der Waals surface area contributed by atoms with Crippen LogP contribution < -0.4 is 0 Å². The van der Waals surface area contributed by atoms with E-state index in [1.807, 2.05) is 24.8 Å². The number of nitrogens with zero attached hydrogens (tertiary/aromatic N) is 3. The van der Waals surface area contributed by atoms with E-state index in [0.717, 1.165) is 17.7 Å². The summed E-state index contributed by atoms with van der Waals surface area (Å²) in [5, 5.41) is 8.15. The Hall–Kier alpha value is -2.15. The van der Waals surface area contributed by atoms with Gasteiger partial charge in [-0.05, 0) is 13.0 Å². The van der Waals surface area contributed by atoms with Gasteiger partial charge in [-0.3, -0.25) is 4.79 Å². The Morgan fingerprint density at radius 3 is 2.88 bits per heavy atom. The number of rotatable bonds is 3. The number of hydrogen-bond acceptors (Lipinski definition) is 6. The van der Waals surface area contributed by atoms with Crippen molar-refractivity contribution in [1.29, 1.82) is 0 Å². The largest absolute Gasteiger partial charge is 0.456 e. The number of ether oxygens (including phenoxy) is 1. The predicted octanol–water partition coefficient (Wildman–Crippen LogP) is 1.88. The summed E-state index contributed by atoms with van der Waals surface area (Å²) in [4.78, 5) is 14.8. The maximum absolute atomic E-state index is 12.9. The first-order chi connectivity index (χ1) is 11.5.